The Hall–Kier alpha value is -3.37. The molecule has 1 aliphatic rings. The third kappa shape index (κ3) is 2.18. The average Bonchev–Trinajstić information content (AvgIpc) is 3.11. The highest BCUT2D eigenvalue weighted by molar-refractivity contribution is 6.07. The highest BCUT2D eigenvalue weighted by Gasteiger charge is 2.27. The molecule has 1 unspecified atom stereocenters. The Morgan fingerprint density at radius 2 is 1.75 bits per heavy atom. The first kappa shape index (κ1) is 15.7. The Balaban J connectivity index is 1.70. The highest BCUT2D eigenvalue weighted by Crippen LogP contribution is 2.37. The number of fused-ring (bicyclic) bond motifs is 6. The van der Waals surface area contributed by atoms with E-state index in [9.17, 15) is 4.79 Å². The van der Waals surface area contributed by atoms with Crippen LogP contribution in [-0.4, -0.2) is 11.5 Å². The third-order valence-corrected chi connectivity index (χ3v) is 5.83. The topological polar surface area (TPSA) is 58.0 Å². The second-order valence-corrected chi connectivity index (χ2v) is 7.38. The van der Waals surface area contributed by atoms with E-state index in [1.807, 2.05) is 30.3 Å². The van der Waals surface area contributed by atoms with Crippen molar-refractivity contribution < 1.29 is 4.42 Å². The van der Waals surface area contributed by atoms with Crippen LogP contribution in [0, 0.1) is 0 Å². The summed E-state index contributed by atoms with van der Waals surface area (Å²) >= 11 is 0. The second-order valence-electron chi connectivity index (χ2n) is 7.38. The van der Waals surface area contributed by atoms with Gasteiger partial charge in [0.15, 0.2) is 0 Å². The Kier molecular flexibility index (Phi) is 3.25. The summed E-state index contributed by atoms with van der Waals surface area (Å²) in [6.07, 6.45) is 0.968. The molecule has 1 atom stereocenters. The Bertz CT molecular complexity index is 1430. The van der Waals surface area contributed by atoms with Crippen molar-refractivity contribution in [2.45, 2.75) is 12.5 Å². The number of H-pyrrole nitrogens is 1. The van der Waals surface area contributed by atoms with E-state index in [1.165, 1.54) is 10.9 Å². The monoisotopic (exact) mass is 366 g/mol. The lowest BCUT2D eigenvalue weighted by Crippen LogP contribution is -2.31. The molecule has 28 heavy (non-hydrogen) atoms. The molecule has 0 saturated carbocycles. The first-order chi connectivity index (χ1) is 13.8. The van der Waals surface area contributed by atoms with Crippen molar-refractivity contribution in [3.63, 3.8) is 0 Å². The fraction of sp³-hybridized carbons (Fsp3) is 0.125. The third-order valence-electron chi connectivity index (χ3n) is 5.83. The lowest BCUT2D eigenvalue weighted by atomic mass is 9.91. The van der Waals surface area contributed by atoms with Crippen molar-refractivity contribution >= 4 is 32.6 Å². The number of hydrogen-bond acceptors (Lipinski definition) is 3. The molecule has 1 aliphatic heterocycles. The predicted octanol–water partition coefficient (Wildman–Crippen LogP) is 4.66. The van der Waals surface area contributed by atoms with E-state index in [1.54, 1.807) is 6.07 Å². The van der Waals surface area contributed by atoms with E-state index in [4.69, 9.17) is 4.42 Å². The first-order valence-electron chi connectivity index (χ1n) is 9.58. The fourth-order valence-corrected chi connectivity index (χ4v) is 4.64. The zero-order valence-corrected chi connectivity index (χ0v) is 15.2. The molecule has 4 nitrogen and oxygen atoms in total. The van der Waals surface area contributed by atoms with Gasteiger partial charge in [-0.1, -0.05) is 48.5 Å². The fourth-order valence-electron chi connectivity index (χ4n) is 4.64. The number of para-hydroxylation sites is 1. The van der Waals surface area contributed by atoms with Gasteiger partial charge in [0, 0.05) is 34.6 Å². The van der Waals surface area contributed by atoms with Gasteiger partial charge in [-0.15, -0.1) is 0 Å². The maximum Gasteiger partial charge on any atom is 0.336 e. The maximum atomic E-state index is 12.4. The van der Waals surface area contributed by atoms with Crippen LogP contribution in [0.1, 0.15) is 22.9 Å². The quantitative estimate of drug-likeness (QED) is 0.335. The van der Waals surface area contributed by atoms with Crippen LogP contribution in [-0.2, 0) is 6.42 Å². The van der Waals surface area contributed by atoms with Gasteiger partial charge in [0.25, 0.3) is 0 Å². The average molecular weight is 366 g/mol. The van der Waals surface area contributed by atoms with Crippen molar-refractivity contribution in [1.82, 2.24) is 10.3 Å². The van der Waals surface area contributed by atoms with Crippen LogP contribution < -0.4 is 10.9 Å². The van der Waals surface area contributed by atoms with Gasteiger partial charge in [-0.25, -0.2) is 4.79 Å². The number of aromatic amines is 1. The van der Waals surface area contributed by atoms with E-state index in [-0.39, 0.29) is 11.7 Å². The molecule has 0 amide bonds. The molecular weight excluding hydrogens is 348 g/mol. The van der Waals surface area contributed by atoms with Gasteiger partial charge in [0.2, 0.25) is 0 Å². The van der Waals surface area contributed by atoms with Crippen LogP contribution in [0.25, 0.3) is 32.6 Å². The molecule has 3 aromatic carbocycles. The molecule has 0 aliphatic carbocycles. The molecule has 2 N–H and O–H groups in total. The molecule has 4 heteroatoms. The lowest BCUT2D eigenvalue weighted by Gasteiger charge is -2.26. The van der Waals surface area contributed by atoms with Crippen LogP contribution in [0.5, 0.6) is 0 Å². The molecule has 136 valence electrons. The van der Waals surface area contributed by atoms with Crippen molar-refractivity contribution in [1.29, 1.82) is 0 Å². The summed E-state index contributed by atoms with van der Waals surface area (Å²) in [6, 6.07) is 22.1. The van der Waals surface area contributed by atoms with Gasteiger partial charge < -0.3 is 14.7 Å². The summed E-state index contributed by atoms with van der Waals surface area (Å²) < 4.78 is 5.55. The van der Waals surface area contributed by atoms with Gasteiger partial charge in [0.05, 0.1) is 6.04 Å². The van der Waals surface area contributed by atoms with Crippen LogP contribution in [0.3, 0.4) is 0 Å². The summed E-state index contributed by atoms with van der Waals surface area (Å²) in [5, 5.41) is 8.13. The standard InChI is InChI=1S/C24H18N2O2/c27-21-13-18(22-15-6-2-1-5-14(15)9-10-20(22)28-21)23-24-17(11-12-25-23)16-7-3-4-8-19(16)26-24/h1-10,13,23,25-26H,11-12H2. The molecule has 5 aromatic rings. The summed E-state index contributed by atoms with van der Waals surface area (Å²) in [5.74, 6) is 0. The number of rotatable bonds is 1. The van der Waals surface area contributed by atoms with E-state index in [0.29, 0.717) is 5.58 Å². The molecule has 0 spiro atoms. The molecule has 0 bridgehead atoms. The summed E-state index contributed by atoms with van der Waals surface area (Å²) in [6.45, 7) is 0.867. The lowest BCUT2D eigenvalue weighted by molar-refractivity contribution is 0.538. The molecular formula is C24H18N2O2. The molecule has 0 fully saturated rings. The van der Waals surface area contributed by atoms with Crippen LogP contribution in [0.15, 0.2) is 75.9 Å². The molecule has 0 radical (unpaired) electrons. The Labute approximate surface area is 160 Å². The minimum atomic E-state index is -0.317. The summed E-state index contributed by atoms with van der Waals surface area (Å²) in [4.78, 5) is 16.0. The molecule has 0 saturated heterocycles. The summed E-state index contributed by atoms with van der Waals surface area (Å²) in [5.41, 5.74) is 4.90. The van der Waals surface area contributed by atoms with Crippen LogP contribution in [0.4, 0.5) is 0 Å². The van der Waals surface area contributed by atoms with Crippen LogP contribution >= 0.6 is 0 Å². The van der Waals surface area contributed by atoms with Crippen molar-refractivity contribution in [2.75, 3.05) is 6.54 Å². The largest absolute Gasteiger partial charge is 0.423 e. The van der Waals surface area contributed by atoms with Gasteiger partial charge in [-0.05, 0) is 40.5 Å². The Morgan fingerprint density at radius 3 is 2.68 bits per heavy atom. The number of aromatic nitrogens is 1. The zero-order valence-electron chi connectivity index (χ0n) is 15.2. The SMILES string of the molecule is O=c1cc(C2NCCc3c2[nH]c2ccccc32)c2c(ccc3ccccc32)o1. The normalized spacial score (nSPS) is 16.6. The molecule has 3 heterocycles. The maximum absolute atomic E-state index is 12.4. The Morgan fingerprint density at radius 1 is 0.929 bits per heavy atom. The summed E-state index contributed by atoms with van der Waals surface area (Å²) in [7, 11) is 0. The van der Waals surface area contributed by atoms with Crippen LogP contribution in [0.2, 0.25) is 0 Å². The van der Waals surface area contributed by atoms with Gasteiger partial charge >= 0.3 is 5.63 Å². The number of hydrogen-bond donors (Lipinski definition) is 2. The highest BCUT2D eigenvalue weighted by atomic mass is 16.4. The van der Waals surface area contributed by atoms with E-state index >= 15 is 0 Å². The second kappa shape index (κ2) is 5.81. The minimum absolute atomic E-state index is 0.0754. The smallest absolute Gasteiger partial charge is 0.336 e. The van der Waals surface area contributed by atoms with E-state index < -0.39 is 0 Å². The predicted molar refractivity (Wildman–Crippen MR) is 112 cm³/mol. The van der Waals surface area contributed by atoms with E-state index in [0.717, 1.165) is 45.9 Å². The van der Waals surface area contributed by atoms with E-state index in [2.05, 4.69) is 40.6 Å². The van der Waals surface area contributed by atoms with Crippen molar-refractivity contribution in [2.24, 2.45) is 0 Å². The minimum Gasteiger partial charge on any atom is -0.423 e. The van der Waals surface area contributed by atoms with Crippen molar-refractivity contribution in [3.8, 4) is 0 Å². The van der Waals surface area contributed by atoms with Gasteiger partial charge in [-0.3, -0.25) is 0 Å². The molecule has 6 rings (SSSR count). The van der Waals surface area contributed by atoms with Gasteiger partial charge in [0.1, 0.15) is 5.58 Å². The molecule has 2 aromatic heterocycles. The zero-order chi connectivity index (χ0) is 18.7. The van der Waals surface area contributed by atoms with Crippen molar-refractivity contribution in [3.05, 3.63) is 94.0 Å². The number of nitrogens with one attached hydrogen (secondary N) is 2. The number of benzene rings is 3. The van der Waals surface area contributed by atoms with Gasteiger partial charge in [-0.2, -0.15) is 0 Å². The first-order valence-corrected chi connectivity index (χ1v) is 9.58.